The van der Waals surface area contributed by atoms with Crippen molar-refractivity contribution in [1.29, 1.82) is 0 Å². The zero-order valence-corrected chi connectivity index (χ0v) is 22.4. The van der Waals surface area contributed by atoms with E-state index in [-0.39, 0.29) is 28.3 Å². The normalized spacial score (nSPS) is 21.6. The van der Waals surface area contributed by atoms with Gasteiger partial charge < -0.3 is 24.1 Å². The number of carbonyl (C=O) groups excluding carboxylic acids is 3. The van der Waals surface area contributed by atoms with Crippen molar-refractivity contribution in [2.75, 3.05) is 0 Å². The standard InChI is InChI=1S/C31H24N4O8/c36-27(19-11-4-1-5-12-19)40-22-23(41-28(37)20-13-6-2-7-14-20)25(43-29(38)21-15-8-3-9-16-21)30(39)42-24(22)26-33-31-32-17-10-18-35(31)34-26/h1-18,22-25,30,39H/t22-,23-,24?,25+,30-/m0/s1. The predicted molar refractivity (Wildman–Crippen MR) is 148 cm³/mol. The largest absolute Gasteiger partial charge is 0.451 e. The SMILES string of the molecule is O=C(O[C@@H]1[C@@H](OC(=O)c2ccccc2)[C@@H](O)OC(c2nc3ncccn3n2)[C@H]1OC(=O)c1ccccc1)c1ccccc1. The molecule has 1 aliphatic heterocycles. The molecule has 2 aromatic heterocycles. The van der Waals surface area contributed by atoms with Crippen LogP contribution in [0.1, 0.15) is 43.0 Å². The molecule has 0 bridgehead atoms. The number of aromatic nitrogens is 4. The minimum Gasteiger partial charge on any atom is -0.451 e. The molecule has 1 unspecified atom stereocenters. The summed E-state index contributed by atoms with van der Waals surface area (Å²) in [6, 6.07) is 25.9. The molecule has 1 saturated heterocycles. The third kappa shape index (κ3) is 5.96. The van der Waals surface area contributed by atoms with Crippen LogP contribution < -0.4 is 0 Å². The molecule has 1 fully saturated rings. The molecule has 12 heteroatoms. The van der Waals surface area contributed by atoms with Crippen LogP contribution >= 0.6 is 0 Å². The first kappa shape index (κ1) is 27.7. The molecule has 43 heavy (non-hydrogen) atoms. The molecule has 12 nitrogen and oxygen atoms in total. The minimum atomic E-state index is -1.84. The maximum absolute atomic E-state index is 13.3. The summed E-state index contributed by atoms with van der Waals surface area (Å²) in [6.07, 6.45) is -4.72. The second kappa shape index (κ2) is 12.2. The number of nitrogens with zero attached hydrogens (tertiary/aromatic N) is 4. The minimum absolute atomic E-state index is 0.0165. The van der Waals surface area contributed by atoms with Crippen molar-refractivity contribution in [1.82, 2.24) is 19.6 Å². The van der Waals surface area contributed by atoms with Crippen LogP contribution in [0.25, 0.3) is 5.78 Å². The van der Waals surface area contributed by atoms with E-state index in [1.807, 2.05) is 0 Å². The van der Waals surface area contributed by atoms with Gasteiger partial charge in [-0.3, -0.25) is 0 Å². The number of hydrogen-bond acceptors (Lipinski definition) is 11. The summed E-state index contributed by atoms with van der Waals surface area (Å²) < 4.78 is 24.7. The van der Waals surface area contributed by atoms with Crippen molar-refractivity contribution in [3.63, 3.8) is 0 Å². The summed E-state index contributed by atoms with van der Waals surface area (Å²) in [7, 11) is 0. The smallest absolute Gasteiger partial charge is 0.338 e. The van der Waals surface area contributed by atoms with Crippen molar-refractivity contribution in [3.8, 4) is 0 Å². The number of hydrogen-bond donors (Lipinski definition) is 1. The van der Waals surface area contributed by atoms with Gasteiger partial charge in [-0.15, -0.1) is 5.10 Å². The number of rotatable bonds is 7. The van der Waals surface area contributed by atoms with Crippen molar-refractivity contribution in [2.45, 2.75) is 30.7 Å². The number of aliphatic hydroxyl groups excluding tert-OH is 1. The Morgan fingerprint density at radius 1 is 0.674 bits per heavy atom. The Bertz CT molecular complexity index is 1700. The lowest BCUT2D eigenvalue weighted by Crippen LogP contribution is -2.58. The van der Waals surface area contributed by atoms with Crippen LogP contribution in [-0.4, -0.2) is 67.2 Å². The van der Waals surface area contributed by atoms with Gasteiger partial charge in [0, 0.05) is 12.4 Å². The Morgan fingerprint density at radius 3 is 1.67 bits per heavy atom. The van der Waals surface area contributed by atoms with Crippen LogP contribution in [0.3, 0.4) is 0 Å². The molecule has 0 aliphatic carbocycles. The molecular weight excluding hydrogens is 556 g/mol. The molecular formula is C31H24N4O8. The molecule has 5 atom stereocenters. The fraction of sp³-hybridized carbons (Fsp3) is 0.161. The molecule has 0 spiro atoms. The summed E-state index contributed by atoms with van der Waals surface area (Å²) in [5.74, 6) is -2.23. The van der Waals surface area contributed by atoms with Gasteiger partial charge in [0.25, 0.3) is 5.78 Å². The first-order valence-corrected chi connectivity index (χ1v) is 13.3. The Labute approximate surface area is 244 Å². The predicted octanol–water partition coefficient (Wildman–Crippen LogP) is 3.19. The zero-order valence-electron chi connectivity index (χ0n) is 22.4. The van der Waals surface area contributed by atoms with E-state index in [0.29, 0.717) is 0 Å². The van der Waals surface area contributed by atoms with E-state index < -0.39 is 48.6 Å². The number of aliphatic hydroxyl groups is 1. The summed E-state index contributed by atoms with van der Waals surface area (Å²) in [6.45, 7) is 0. The molecule has 0 saturated carbocycles. The van der Waals surface area contributed by atoms with Crippen LogP contribution in [0, 0.1) is 0 Å². The maximum atomic E-state index is 13.3. The molecule has 3 heterocycles. The van der Waals surface area contributed by atoms with Crippen molar-refractivity contribution in [2.24, 2.45) is 0 Å². The molecule has 6 rings (SSSR count). The quantitative estimate of drug-likeness (QED) is 0.223. The summed E-state index contributed by atoms with van der Waals surface area (Å²) in [4.78, 5) is 48.3. The number of benzene rings is 3. The lowest BCUT2D eigenvalue weighted by Gasteiger charge is -2.42. The average Bonchev–Trinajstić information content (AvgIpc) is 3.49. The number of fused-ring (bicyclic) bond motifs is 1. The molecule has 0 amide bonds. The lowest BCUT2D eigenvalue weighted by molar-refractivity contribution is -0.283. The third-order valence-electron chi connectivity index (χ3n) is 6.66. The van der Waals surface area contributed by atoms with Gasteiger partial charge >= 0.3 is 17.9 Å². The van der Waals surface area contributed by atoms with Gasteiger partial charge in [0.2, 0.25) is 0 Å². The highest BCUT2D eigenvalue weighted by atomic mass is 16.7. The number of carbonyl (C=O) groups is 3. The van der Waals surface area contributed by atoms with Gasteiger partial charge in [-0.2, -0.15) is 4.98 Å². The van der Waals surface area contributed by atoms with E-state index in [1.165, 1.54) is 35.0 Å². The van der Waals surface area contributed by atoms with E-state index in [0.717, 1.165) is 0 Å². The van der Waals surface area contributed by atoms with Crippen LogP contribution in [-0.2, 0) is 18.9 Å². The monoisotopic (exact) mass is 580 g/mol. The zero-order chi connectivity index (χ0) is 29.8. The van der Waals surface area contributed by atoms with Crippen molar-refractivity contribution < 1.29 is 38.4 Å². The Morgan fingerprint density at radius 2 is 1.16 bits per heavy atom. The van der Waals surface area contributed by atoms with Gasteiger partial charge in [0.05, 0.1) is 16.7 Å². The molecule has 5 aromatic rings. The topological polar surface area (TPSA) is 151 Å². The first-order valence-electron chi connectivity index (χ1n) is 13.3. The van der Waals surface area contributed by atoms with E-state index in [4.69, 9.17) is 18.9 Å². The average molecular weight is 581 g/mol. The first-order chi connectivity index (χ1) is 21.0. The Hall–Kier alpha value is -5.46. The summed E-state index contributed by atoms with van der Waals surface area (Å²) in [5.41, 5.74) is 0.551. The van der Waals surface area contributed by atoms with Gasteiger partial charge in [-0.25, -0.2) is 23.9 Å². The van der Waals surface area contributed by atoms with Gasteiger partial charge in [0.15, 0.2) is 36.5 Å². The lowest BCUT2D eigenvalue weighted by atomic mass is 9.97. The Balaban J connectivity index is 1.42. The Kier molecular flexibility index (Phi) is 7.85. The molecule has 1 N–H and O–H groups in total. The van der Waals surface area contributed by atoms with Crippen LogP contribution in [0.4, 0.5) is 0 Å². The molecule has 3 aromatic carbocycles. The van der Waals surface area contributed by atoms with Gasteiger partial charge in [-0.1, -0.05) is 54.6 Å². The van der Waals surface area contributed by atoms with E-state index in [9.17, 15) is 19.5 Å². The van der Waals surface area contributed by atoms with E-state index in [1.54, 1.807) is 79.0 Å². The van der Waals surface area contributed by atoms with Crippen LogP contribution in [0.15, 0.2) is 109 Å². The number of ether oxygens (including phenoxy) is 4. The highest BCUT2D eigenvalue weighted by Gasteiger charge is 2.54. The van der Waals surface area contributed by atoms with E-state index >= 15 is 0 Å². The maximum Gasteiger partial charge on any atom is 0.338 e. The van der Waals surface area contributed by atoms with Crippen molar-refractivity contribution >= 4 is 23.7 Å². The van der Waals surface area contributed by atoms with Gasteiger partial charge in [-0.05, 0) is 42.5 Å². The fourth-order valence-electron chi connectivity index (χ4n) is 4.59. The van der Waals surface area contributed by atoms with Gasteiger partial charge in [0.1, 0.15) is 0 Å². The summed E-state index contributed by atoms with van der Waals surface area (Å²) >= 11 is 0. The second-order valence-corrected chi connectivity index (χ2v) is 9.49. The second-order valence-electron chi connectivity index (χ2n) is 9.49. The van der Waals surface area contributed by atoms with E-state index in [2.05, 4.69) is 15.1 Å². The molecule has 0 radical (unpaired) electrons. The molecule has 1 aliphatic rings. The third-order valence-corrected chi connectivity index (χ3v) is 6.66. The highest BCUT2D eigenvalue weighted by Crippen LogP contribution is 2.36. The van der Waals surface area contributed by atoms with Crippen molar-refractivity contribution in [3.05, 3.63) is 132 Å². The highest BCUT2D eigenvalue weighted by molar-refractivity contribution is 5.91. The number of esters is 3. The van der Waals surface area contributed by atoms with Crippen LogP contribution in [0.5, 0.6) is 0 Å². The van der Waals surface area contributed by atoms with Crippen LogP contribution in [0.2, 0.25) is 0 Å². The molecule has 216 valence electrons. The summed E-state index contributed by atoms with van der Waals surface area (Å²) in [5, 5.41) is 15.6. The fourth-order valence-corrected chi connectivity index (χ4v) is 4.59.